The summed E-state index contributed by atoms with van der Waals surface area (Å²) in [7, 11) is 0. The molecule has 2 rings (SSSR count). The van der Waals surface area contributed by atoms with Gasteiger partial charge in [0.2, 0.25) is 0 Å². The molecule has 0 aromatic carbocycles. The molecule has 0 bridgehead atoms. The fourth-order valence-electron chi connectivity index (χ4n) is 2.74. The second-order valence-electron chi connectivity index (χ2n) is 4.91. The molecule has 0 aliphatic heterocycles. The number of allylic oxidation sites excluding steroid dienone is 4. The zero-order valence-electron chi connectivity index (χ0n) is 9.78. The molecule has 3 atom stereocenters. The first kappa shape index (κ1) is 11.0. The van der Waals surface area contributed by atoms with Crippen molar-refractivity contribution in [1.82, 2.24) is 0 Å². The number of rotatable bonds is 5. The van der Waals surface area contributed by atoms with Gasteiger partial charge in [-0.2, -0.15) is 0 Å². The fraction of sp³-hybridized carbons (Fsp3) is 0.667. The Morgan fingerprint density at radius 2 is 2.00 bits per heavy atom. The maximum absolute atomic E-state index is 3.73. The molecule has 0 saturated heterocycles. The second kappa shape index (κ2) is 5.53. The normalized spacial score (nSPS) is 33.3. The average Bonchev–Trinajstić information content (AvgIpc) is 2.67. The van der Waals surface area contributed by atoms with E-state index in [9.17, 15) is 0 Å². The van der Waals surface area contributed by atoms with Crippen molar-refractivity contribution >= 4 is 0 Å². The first-order chi connectivity index (χ1) is 7.40. The predicted molar refractivity (Wildman–Crippen MR) is 65.4 cm³/mol. The van der Waals surface area contributed by atoms with E-state index < -0.39 is 0 Å². The van der Waals surface area contributed by atoms with Gasteiger partial charge in [0, 0.05) is 0 Å². The Hall–Kier alpha value is -0.520. The van der Waals surface area contributed by atoms with Crippen LogP contribution in [0.15, 0.2) is 24.3 Å². The van der Waals surface area contributed by atoms with Crippen LogP contribution < -0.4 is 0 Å². The van der Waals surface area contributed by atoms with Gasteiger partial charge in [-0.1, -0.05) is 56.9 Å². The Labute approximate surface area is 94.5 Å². The molecule has 15 heavy (non-hydrogen) atoms. The van der Waals surface area contributed by atoms with Gasteiger partial charge in [0.15, 0.2) is 0 Å². The van der Waals surface area contributed by atoms with Gasteiger partial charge in [0.1, 0.15) is 0 Å². The number of unbranched alkanes of at least 4 members (excludes halogenated alkanes) is 3. The lowest BCUT2D eigenvalue weighted by Crippen LogP contribution is -2.03. The third-order valence-corrected chi connectivity index (χ3v) is 3.64. The smallest absolute Gasteiger partial charge is 0.00588 e. The van der Waals surface area contributed by atoms with E-state index >= 15 is 0 Å². The molecule has 2 radical (unpaired) electrons. The minimum Gasteiger partial charge on any atom is -0.0808 e. The summed E-state index contributed by atoms with van der Waals surface area (Å²) in [6.45, 7) is 2.28. The molecule has 3 unspecified atom stereocenters. The first-order valence-corrected chi connectivity index (χ1v) is 6.51. The molecule has 0 nitrogen and oxygen atoms in total. The third-order valence-electron chi connectivity index (χ3n) is 3.64. The summed E-state index contributed by atoms with van der Waals surface area (Å²) < 4.78 is 0. The maximum Gasteiger partial charge on any atom is -0.00588 e. The zero-order valence-corrected chi connectivity index (χ0v) is 9.78. The summed E-state index contributed by atoms with van der Waals surface area (Å²) in [5.74, 6) is 2.17. The van der Waals surface area contributed by atoms with E-state index in [2.05, 4.69) is 37.6 Å². The monoisotopic (exact) mass is 202 g/mol. The molecule has 0 aromatic rings. The largest absolute Gasteiger partial charge is 0.0808 e. The molecule has 0 aromatic heterocycles. The minimum atomic E-state index is 0.631. The van der Waals surface area contributed by atoms with Crippen LogP contribution in [0.25, 0.3) is 0 Å². The van der Waals surface area contributed by atoms with E-state index in [0.717, 1.165) is 11.8 Å². The van der Waals surface area contributed by atoms with Crippen molar-refractivity contribution in [3.8, 4) is 0 Å². The number of hydrogen-bond acceptors (Lipinski definition) is 0. The summed E-state index contributed by atoms with van der Waals surface area (Å²) in [6, 6.07) is 0. The van der Waals surface area contributed by atoms with E-state index in [1.165, 1.54) is 38.5 Å². The van der Waals surface area contributed by atoms with E-state index in [1.807, 2.05) is 0 Å². The molecule has 1 fully saturated rings. The summed E-state index contributed by atoms with van der Waals surface area (Å²) in [4.78, 5) is 0. The second-order valence-corrected chi connectivity index (χ2v) is 4.91. The zero-order chi connectivity index (χ0) is 10.5. The summed E-state index contributed by atoms with van der Waals surface area (Å²) >= 11 is 0. The fourth-order valence-corrected chi connectivity index (χ4v) is 2.74. The minimum absolute atomic E-state index is 0.631. The molecule has 2 aliphatic rings. The van der Waals surface area contributed by atoms with Crippen LogP contribution in [0.1, 0.15) is 45.4 Å². The number of hydrogen-bond donors (Lipinski definition) is 0. The van der Waals surface area contributed by atoms with Gasteiger partial charge in [-0.3, -0.25) is 0 Å². The lowest BCUT2D eigenvalue weighted by atomic mass is 9.92. The van der Waals surface area contributed by atoms with E-state index in [-0.39, 0.29) is 0 Å². The Balaban J connectivity index is 1.68. The third kappa shape index (κ3) is 2.96. The van der Waals surface area contributed by atoms with Crippen molar-refractivity contribution in [3.05, 3.63) is 30.7 Å². The molecule has 0 heteroatoms. The van der Waals surface area contributed by atoms with Crippen molar-refractivity contribution in [2.75, 3.05) is 0 Å². The molecule has 2 aliphatic carbocycles. The lowest BCUT2D eigenvalue weighted by molar-refractivity contribution is 0.489. The molecular formula is C15H22. The van der Waals surface area contributed by atoms with Gasteiger partial charge in [0.05, 0.1) is 0 Å². The van der Waals surface area contributed by atoms with Gasteiger partial charge in [-0.15, -0.1) is 0 Å². The van der Waals surface area contributed by atoms with Crippen molar-refractivity contribution in [3.63, 3.8) is 0 Å². The van der Waals surface area contributed by atoms with Crippen LogP contribution >= 0.6 is 0 Å². The quantitative estimate of drug-likeness (QED) is 0.579. The van der Waals surface area contributed by atoms with E-state index in [0.29, 0.717) is 5.92 Å². The summed E-state index contributed by atoms with van der Waals surface area (Å²) in [5.41, 5.74) is 0. The lowest BCUT2D eigenvalue weighted by Gasteiger charge is -2.12. The van der Waals surface area contributed by atoms with Crippen LogP contribution in [0, 0.1) is 24.2 Å². The topological polar surface area (TPSA) is 0 Å². The van der Waals surface area contributed by atoms with Gasteiger partial charge >= 0.3 is 0 Å². The van der Waals surface area contributed by atoms with Crippen molar-refractivity contribution < 1.29 is 0 Å². The highest BCUT2D eigenvalue weighted by Gasteiger charge is 2.31. The molecule has 0 amide bonds. The molecular weight excluding hydrogens is 180 g/mol. The molecule has 0 heterocycles. The van der Waals surface area contributed by atoms with Crippen molar-refractivity contribution in [2.24, 2.45) is 17.8 Å². The standard InChI is InChI=1S/C15H22/c1-2-3-4-5-8-13-11-14-9-6-7-10-15(14)12-13/h6-7,9-10,13-15H,2-5,8,11H2,1H3. The van der Waals surface area contributed by atoms with E-state index in [1.54, 1.807) is 0 Å². The van der Waals surface area contributed by atoms with Gasteiger partial charge in [-0.05, 0) is 37.0 Å². The summed E-state index contributed by atoms with van der Waals surface area (Å²) in [6.07, 6.45) is 21.1. The Bertz CT molecular complexity index is 216. The van der Waals surface area contributed by atoms with E-state index in [4.69, 9.17) is 0 Å². The predicted octanol–water partition coefficient (Wildman–Crippen LogP) is 4.42. The highest BCUT2D eigenvalue weighted by molar-refractivity contribution is 5.20. The molecule has 82 valence electrons. The Morgan fingerprint density at radius 3 is 2.80 bits per heavy atom. The average molecular weight is 202 g/mol. The van der Waals surface area contributed by atoms with Gasteiger partial charge in [0.25, 0.3) is 0 Å². The summed E-state index contributed by atoms with van der Waals surface area (Å²) in [5, 5.41) is 0. The SMILES string of the molecule is CCCCCCC1[C]C2C=CC=CC2C1. The molecule has 1 saturated carbocycles. The van der Waals surface area contributed by atoms with Gasteiger partial charge < -0.3 is 0 Å². The Kier molecular flexibility index (Phi) is 4.05. The maximum atomic E-state index is 3.73. The van der Waals surface area contributed by atoms with Crippen LogP contribution in [0.5, 0.6) is 0 Å². The van der Waals surface area contributed by atoms with Gasteiger partial charge in [-0.25, -0.2) is 0 Å². The highest BCUT2D eigenvalue weighted by Crippen LogP contribution is 2.41. The number of fused-ring (bicyclic) bond motifs is 1. The van der Waals surface area contributed by atoms with Crippen LogP contribution in [-0.4, -0.2) is 0 Å². The first-order valence-electron chi connectivity index (χ1n) is 6.51. The van der Waals surface area contributed by atoms with Crippen LogP contribution in [0.3, 0.4) is 0 Å². The highest BCUT2D eigenvalue weighted by atomic mass is 14.4. The van der Waals surface area contributed by atoms with Crippen LogP contribution in [0.2, 0.25) is 0 Å². The van der Waals surface area contributed by atoms with Crippen molar-refractivity contribution in [1.29, 1.82) is 0 Å². The molecule has 0 N–H and O–H groups in total. The van der Waals surface area contributed by atoms with Crippen LogP contribution in [-0.2, 0) is 0 Å². The van der Waals surface area contributed by atoms with Crippen molar-refractivity contribution in [2.45, 2.75) is 45.4 Å². The molecule has 0 spiro atoms. The Morgan fingerprint density at radius 1 is 1.13 bits per heavy atom. The van der Waals surface area contributed by atoms with Crippen LogP contribution in [0.4, 0.5) is 0 Å².